The van der Waals surface area contributed by atoms with E-state index < -0.39 is 18.2 Å². The lowest BCUT2D eigenvalue weighted by Crippen LogP contribution is -2.33. The highest BCUT2D eigenvalue weighted by Gasteiger charge is 2.41. The topological polar surface area (TPSA) is 94.7 Å². The van der Waals surface area contributed by atoms with Crippen molar-refractivity contribution in [1.82, 2.24) is 15.2 Å². The summed E-state index contributed by atoms with van der Waals surface area (Å²) in [6.07, 6.45) is -1.39. The van der Waals surface area contributed by atoms with Gasteiger partial charge < -0.3 is 25.0 Å². The first-order chi connectivity index (χ1) is 17.1. The number of hydrogen-bond donors (Lipinski definition) is 3. The van der Waals surface area contributed by atoms with Gasteiger partial charge in [-0.25, -0.2) is 4.79 Å². The average molecular weight is 504 g/mol. The summed E-state index contributed by atoms with van der Waals surface area (Å²) in [7, 11) is 0. The Balaban J connectivity index is 1.33. The van der Waals surface area contributed by atoms with Gasteiger partial charge in [0.05, 0.1) is 17.2 Å². The number of alkyl halides is 3. The van der Waals surface area contributed by atoms with Crippen molar-refractivity contribution in [2.75, 3.05) is 19.6 Å². The minimum absolute atomic E-state index is 0.0422. The zero-order chi connectivity index (χ0) is 25.9. The van der Waals surface area contributed by atoms with Crippen LogP contribution in [0.3, 0.4) is 0 Å². The van der Waals surface area contributed by atoms with Crippen molar-refractivity contribution in [1.29, 1.82) is 0 Å². The molecule has 1 saturated heterocycles. The van der Waals surface area contributed by atoms with Gasteiger partial charge in [0.2, 0.25) is 0 Å². The van der Waals surface area contributed by atoms with Crippen LogP contribution in [-0.4, -0.2) is 58.7 Å². The maximum absolute atomic E-state index is 12.9. The number of aromatic nitrogens is 1. The first-order valence-corrected chi connectivity index (χ1v) is 11.8. The molecule has 0 saturated carbocycles. The third kappa shape index (κ3) is 5.71. The van der Waals surface area contributed by atoms with Gasteiger partial charge >= 0.3 is 12.1 Å². The third-order valence-corrected chi connectivity index (χ3v) is 6.42. The lowest BCUT2D eigenvalue weighted by atomic mass is 10.0. The quantitative estimate of drug-likeness (QED) is 0.318. The van der Waals surface area contributed by atoms with E-state index in [4.69, 9.17) is 0 Å². The molecular weight excluding hydrogens is 475 g/mol. The van der Waals surface area contributed by atoms with Gasteiger partial charge in [0, 0.05) is 30.7 Å². The molecule has 3 N–H and O–H groups in total. The van der Waals surface area contributed by atoms with Crippen LogP contribution in [-0.2, 0) is 11.2 Å². The molecule has 2 heterocycles. The first-order valence-electron chi connectivity index (χ1n) is 11.8. The van der Waals surface area contributed by atoms with Gasteiger partial charge in [0.1, 0.15) is 5.75 Å². The Bertz CT molecular complexity index is 1220. The second kappa shape index (κ2) is 10.7. The Kier molecular flexibility index (Phi) is 7.65. The largest absolute Gasteiger partial charge is 0.491 e. The van der Waals surface area contributed by atoms with Gasteiger partial charge in [-0.05, 0) is 62.1 Å². The Hall–Kier alpha value is -3.37. The molecule has 0 unspecified atom stereocenters. The monoisotopic (exact) mass is 503 g/mol. The summed E-state index contributed by atoms with van der Waals surface area (Å²) in [4.78, 5) is 29.0. The summed E-state index contributed by atoms with van der Waals surface area (Å²) >= 11 is 0. The van der Waals surface area contributed by atoms with Gasteiger partial charge in [0.25, 0.3) is 5.91 Å². The van der Waals surface area contributed by atoms with Crippen LogP contribution in [0.5, 0.6) is 5.75 Å². The number of aromatic amines is 1. The van der Waals surface area contributed by atoms with Crippen molar-refractivity contribution in [2.45, 2.75) is 44.5 Å². The van der Waals surface area contributed by atoms with Crippen LogP contribution in [0, 0.1) is 0 Å². The van der Waals surface area contributed by atoms with Gasteiger partial charge in [-0.1, -0.05) is 24.3 Å². The molecule has 0 aliphatic carbocycles. The van der Waals surface area contributed by atoms with Crippen LogP contribution in [0.15, 0.2) is 48.7 Å². The Morgan fingerprint density at radius 1 is 1.14 bits per heavy atom. The summed E-state index contributed by atoms with van der Waals surface area (Å²) in [5.74, 6) is -2.51. The number of nitrogens with zero attached hydrogens (tertiary/aromatic N) is 1. The van der Waals surface area contributed by atoms with Gasteiger partial charge in [-0.2, -0.15) is 13.2 Å². The minimum Gasteiger partial charge on any atom is -0.420 e. The molecule has 1 aliphatic rings. The lowest BCUT2D eigenvalue weighted by molar-refractivity contribution is -0.189. The van der Waals surface area contributed by atoms with E-state index >= 15 is 0 Å². The molecule has 0 spiro atoms. The number of halogens is 3. The predicted octanol–water partition coefficient (Wildman–Crippen LogP) is 4.13. The smallest absolute Gasteiger partial charge is 0.420 e. The predicted molar refractivity (Wildman–Crippen MR) is 128 cm³/mol. The van der Waals surface area contributed by atoms with Gasteiger partial charge in [-0.3, -0.25) is 4.79 Å². The Morgan fingerprint density at radius 2 is 1.83 bits per heavy atom. The fraction of sp³-hybridized carbons (Fsp3) is 0.385. The molecule has 0 radical (unpaired) electrons. The summed E-state index contributed by atoms with van der Waals surface area (Å²) in [6.45, 7) is 3.92. The molecule has 36 heavy (non-hydrogen) atoms. The summed E-state index contributed by atoms with van der Waals surface area (Å²) < 4.78 is 41.3. The molecule has 1 amide bonds. The maximum atomic E-state index is 12.9. The molecule has 1 aromatic heterocycles. The molecular formula is C26H28F3N3O4. The number of aliphatic hydroxyl groups is 1. The summed E-state index contributed by atoms with van der Waals surface area (Å²) in [5.41, 5.74) is 3.01. The lowest BCUT2D eigenvalue weighted by Gasteiger charge is -2.21. The molecule has 3 aromatic rings. The van der Waals surface area contributed by atoms with Crippen molar-refractivity contribution >= 4 is 22.8 Å². The minimum atomic E-state index is -5.08. The summed E-state index contributed by atoms with van der Waals surface area (Å²) in [6, 6.07) is 10.6. The molecule has 2 atom stereocenters. The number of aliphatic hydroxyl groups excluding tert-OH is 1. The van der Waals surface area contributed by atoms with E-state index in [1.165, 1.54) is 24.3 Å². The highest BCUT2D eigenvalue weighted by atomic mass is 19.4. The van der Waals surface area contributed by atoms with E-state index in [0.29, 0.717) is 24.1 Å². The second-order valence-corrected chi connectivity index (χ2v) is 8.94. The third-order valence-electron chi connectivity index (χ3n) is 6.42. The van der Waals surface area contributed by atoms with Crippen LogP contribution in [0.1, 0.15) is 47.4 Å². The first kappa shape index (κ1) is 25.7. The van der Waals surface area contributed by atoms with Crippen LogP contribution < -0.4 is 10.1 Å². The van der Waals surface area contributed by atoms with Crippen molar-refractivity contribution in [3.63, 3.8) is 0 Å². The number of H-pyrrole nitrogens is 1. The average Bonchev–Trinajstić information content (AvgIpc) is 3.53. The highest BCUT2D eigenvalue weighted by molar-refractivity contribution is 6.06. The van der Waals surface area contributed by atoms with Gasteiger partial charge in [-0.15, -0.1) is 0 Å². The Morgan fingerprint density at radius 3 is 2.50 bits per heavy atom. The number of rotatable bonds is 8. The fourth-order valence-electron chi connectivity index (χ4n) is 4.42. The summed E-state index contributed by atoms with van der Waals surface area (Å²) in [5, 5.41) is 14.9. The molecule has 10 heteroatoms. The van der Waals surface area contributed by atoms with Crippen LogP contribution in [0.25, 0.3) is 10.9 Å². The second-order valence-electron chi connectivity index (χ2n) is 8.94. The number of amides is 1. The van der Waals surface area contributed by atoms with E-state index in [2.05, 4.69) is 15.0 Å². The number of hydrogen-bond acceptors (Lipinski definition) is 5. The maximum Gasteiger partial charge on any atom is 0.491 e. The van der Waals surface area contributed by atoms with Crippen molar-refractivity contribution in [3.8, 4) is 5.75 Å². The van der Waals surface area contributed by atoms with E-state index in [0.717, 1.165) is 42.4 Å². The molecule has 1 aliphatic heterocycles. The number of carbonyl (C=O) groups is 2. The van der Waals surface area contributed by atoms with Crippen LogP contribution >= 0.6 is 0 Å². The normalized spacial score (nSPS) is 15.8. The van der Waals surface area contributed by atoms with E-state index in [-0.39, 0.29) is 17.7 Å². The van der Waals surface area contributed by atoms with E-state index in [1.54, 1.807) is 6.92 Å². The van der Waals surface area contributed by atoms with Crippen molar-refractivity contribution in [2.24, 2.45) is 0 Å². The number of esters is 1. The van der Waals surface area contributed by atoms with Crippen LogP contribution in [0.4, 0.5) is 13.2 Å². The van der Waals surface area contributed by atoms with Crippen molar-refractivity contribution in [3.05, 3.63) is 65.4 Å². The fourth-order valence-corrected chi connectivity index (χ4v) is 4.42. The Labute approximate surface area is 206 Å². The number of likely N-dealkylation sites (tertiary alicyclic amines) is 1. The molecule has 0 bridgehead atoms. The molecule has 1 fully saturated rings. The molecule has 4 rings (SSSR count). The molecule has 192 valence electrons. The number of carbonyl (C=O) groups excluding carboxylic acids is 2. The van der Waals surface area contributed by atoms with E-state index in [1.807, 2.05) is 29.3 Å². The standard InChI is InChI=1S/C26H28F3N3O4/c1-16(23(33)17-7-9-19(10-8-17)36-25(35)26(27,28)29)30-12-11-18-15-31-22-20(18)5-4-6-21(22)24(34)32-13-2-3-14-32/h4-10,15-16,23,30-31,33H,2-3,11-14H2,1H3/t16-,23-/m0/s1. The van der Waals surface area contributed by atoms with E-state index in [9.17, 15) is 27.9 Å². The number of ether oxygens (including phenoxy) is 1. The SMILES string of the molecule is C[C@H](NCCc1c[nH]c2c(C(=O)N3CCCC3)cccc12)[C@H](O)c1ccc(OC(=O)C(F)(F)F)cc1. The number of fused-ring (bicyclic) bond motifs is 1. The number of benzene rings is 2. The zero-order valence-electron chi connectivity index (χ0n) is 19.8. The van der Waals surface area contributed by atoms with Crippen molar-refractivity contribution < 1.29 is 32.6 Å². The number of para-hydroxylation sites is 1. The number of nitrogens with one attached hydrogen (secondary N) is 2. The van der Waals surface area contributed by atoms with Crippen LogP contribution in [0.2, 0.25) is 0 Å². The zero-order valence-corrected chi connectivity index (χ0v) is 19.8. The molecule has 7 nitrogen and oxygen atoms in total. The molecule has 2 aromatic carbocycles. The highest BCUT2D eigenvalue weighted by Crippen LogP contribution is 2.26. The van der Waals surface area contributed by atoms with Gasteiger partial charge in [0.15, 0.2) is 0 Å².